The van der Waals surface area contributed by atoms with Crippen molar-refractivity contribution in [2.75, 3.05) is 20.2 Å². The summed E-state index contributed by atoms with van der Waals surface area (Å²) < 4.78 is 5.27. The van der Waals surface area contributed by atoms with Crippen molar-refractivity contribution in [3.8, 4) is 17.0 Å². The smallest absolute Gasteiger partial charge is 0.254 e. The average molecular weight is 377 g/mol. The Morgan fingerprint density at radius 2 is 1.64 bits per heavy atom. The molecule has 2 aromatic carbocycles. The Labute approximate surface area is 167 Å². The molecule has 0 atom stereocenters. The zero-order valence-corrected chi connectivity index (χ0v) is 17.2. The molecular formula is C24H28N2O2. The van der Waals surface area contributed by atoms with Gasteiger partial charge in [0.15, 0.2) is 0 Å². The number of ether oxygens (including phenoxy) is 1. The molecule has 0 N–H and O–H groups in total. The van der Waals surface area contributed by atoms with Crippen LogP contribution in [-0.4, -0.2) is 36.0 Å². The standard InChI is InChI=1S/C24H28N2O2/c1-5-15-26(16-6-2)24(27)22-17(3)23(18-11-13-19(28-4)14-12-18)25-21-10-8-7-9-20(21)22/h7-14H,5-6,15-16H2,1-4H3. The van der Waals surface area contributed by atoms with E-state index < -0.39 is 0 Å². The van der Waals surface area contributed by atoms with Gasteiger partial charge in [-0.05, 0) is 55.7 Å². The van der Waals surface area contributed by atoms with E-state index in [-0.39, 0.29) is 5.91 Å². The fraction of sp³-hybridized carbons (Fsp3) is 0.333. The molecule has 3 rings (SSSR count). The summed E-state index contributed by atoms with van der Waals surface area (Å²) in [6.07, 6.45) is 1.89. The third-order valence-corrected chi connectivity index (χ3v) is 4.99. The van der Waals surface area contributed by atoms with Crippen molar-refractivity contribution < 1.29 is 9.53 Å². The van der Waals surface area contributed by atoms with Crippen molar-refractivity contribution in [1.29, 1.82) is 0 Å². The zero-order valence-electron chi connectivity index (χ0n) is 17.2. The molecule has 1 aromatic heterocycles. The van der Waals surface area contributed by atoms with Gasteiger partial charge in [0.05, 0.1) is 23.9 Å². The second-order valence-corrected chi connectivity index (χ2v) is 7.00. The summed E-state index contributed by atoms with van der Waals surface area (Å²) in [5.74, 6) is 0.894. The lowest BCUT2D eigenvalue weighted by Crippen LogP contribution is -2.33. The number of hydrogen-bond donors (Lipinski definition) is 0. The number of hydrogen-bond acceptors (Lipinski definition) is 3. The number of para-hydroxylation sites is 1. The molecule has 0 unspecified atom stereocenters. The lowest BCUT2D eigenvalue weighted by molar-refractivity contribution is 0.0757. The number of pyridine rings is 1. The predicted molar refractivity (Wildman–Crippen MR) is 115 cm³/mol. The summed E-state index contributed by atoms with van der Waals surface area (Å²) >= 11 is 0. The van der Waals surface area contributed by atoms with Crippen LogP contribution in [0.4, 0.5) is 0 Å². The molecule has 3 aromatic rings. The monoisotopic (exact) mass is 376 g/mol. The van der Waals surface area contributed by atoms with Crippen LogP contribution < -0.4 is 4.74 Å². The quantitative estimate of drug-likeness (QED) is 0.548. The lowest BCUT2D eigenvalue weighted by Gasteiger charge is -2.24. The molecule has 0 saturated carbocycles. The lowest BCUT2D eigenvalue weighted by atomic mass is 9.96. The summed E-state index contributed by atoms with van der Waals surface area (Å²) in [4.78, 5) is 20.4. The van der Waals surface area contributed by atoms with Crippen LogP contribution in [0.1, 0.15) is 42.6 Å². The molecular weight excluding hydrogens is 348 g/mol. The highest BCUT2D eigenvalue weighted by molar-refractivity contribution is 6.08. The third-order valence-electron chi connectivity index (χ3n) is 4.99. The number of aromatic nitrogens is 1. The van der Waals surface area contributed by atoms with Crippen LogP contribution >= 0.6 is 0 Å². The van der Waals surface area contributed by atoms with Crippen LogP contribution in [-0.2, 0) is 0 Å². The first-order valence-corrected chi connectivity index (χ1v) is 9.93. The van der Waals surface area contributed by atoms with Crippen LogP contribution in [0.5, 0.6) is 5.75 Å². The zero-order chi connectivity index (χ0) is 20.1. The van der Waals surface area contributed by atoms with Gasteiger partial charge in [-0.25, -0.2) is 4.98 Å². The van der Waals surface area contributed by atoms with Gasteiger partial charge in [0, 0.05) is 24.0 Å². The predicted octanol–water partition coefficient (Wildman–Crippen LogP) is 5.48. The van der Waals surface area contributed by atoms with Crippen molar-refractivity contribution in [2.24, 2.45) is 0 Å². The molecule has 4 nitrogen and oxygen atoms in total. The van der Waals surface area contributed by atoms with Gasteiger partial charge >= 0.3 is 0 Å². The maximum atomic E-state index is 13.5. The summed E-state index contributed by atoms with van der Waals surface area (Å²) in [6, 6.07) is 15.7. The number of methoxy groups -OCH3 is 1. The first kappa shape index (κ1) is 19.9. The molecule has 28 heavy (non-hydrogen) atoms. The molecule has 0 fully saturated rings. The van der Waals surface area contributed by atoms with Gasteiger partial charge < -0.3 is 9.64 Å². The minimum atomic E-state index is 0.0922. The van der Waals surface area contributed by atoms with Crippen LogP contribution in [0.15, 0.2) is 48.5 Å². The van der Waals surface area contributed by atoms with E-state index in [4.69, 9.17) is 9.72 Å². The fourth-order valence-corrected chi connectivity index (χ4v) is 3.63. The Balaban J connectivity index is 2.20. The number of carbonyl (C=O) groups is 1. The summed E-state index contributed by atoms with van der Waals surface area (Å²) in [6.45, 7) is 7.75. The van der Waals surface area contributed by atoms with Crippen molar-refractivity contribution in [2.45, 2.75) is 33.6 Å². The van der Waals surface area contributed by atoms with Crippen LogP contribution in [0.25, 0.3) is 22.2 Å². The number of rotatable bonds is 7. The summed E-state index contributed by atoms with van der Waals surface area (Å²) in [5, 5.41) is 0.916. The molecule has 4 heteroatoms. The highest BCUT2D eigenvalue weighted by atomic mass is 16.5. The molecule has 1 amide bonds. The van der Waals surface area contributed by atoms with Crippen LogP contribution in [0, 0.1) is 6.92 Å². The maximum absolute atomic E-state index is 13.5. The average Bonchev–Trinajstić information content (AvgIpc) is 2.73. The first-order chi connectivity index (χ1) is 13.6. The van der Waals surface area contributed by atoms with Gasteiger partial charge in [-0.3, -0.25) is 4.79 Å². The number of fused-ring (bicyclic) bond motifs is 1. The van der Waals surface area contributed by atoms with Crippen molar-refractivity contribution in [1.82, 2.24) is 9.88 Å². The van der Waals surface area contributed by atoms with Gasteiger partial charge in [0.25, 0.3) is 5.91 Å². The van der Waals surface area contributed by atoms with Crippen LogP contribution in [0.3, 0.4) is 0 Å². The van der Waals surface area contributed by atoms with E-state index in [0.717, 1.165) is 65.0 Å². The molecule has 0 aliphatic heterocycles. The van der Waals surface area contributed by atoms with E-state index in [1.807, 2.05) is 60.4 Å². The first-order valence-electron chi connectivity index (χ1n) is 9.93. The second-order valence-electron chi connectivity index (χ2n) is 7.00. The highest BCUT2D eigenvalue weighted by Crippen LogP contribution is 2.31. The topological polar surface area (TPSA) is 42.4 Å². The highest BCUT2D eigenvalue weighted by Gasteiger charge is 2.22. The molecule has 1 heterocycles. The van der Waals surface area contributed by atoms with E-state index >= 15 is 0 Å². The SMILES string of the molecule is CCCN(CCC)C(=O)c1c(C)c(-c2ccc(OC)cc2)nc2ccccc12. The summed E-state index contributed by atoms with van der Waals surface area (Å²) in [7, 11) is 1.65. The summed E-state index contributed by atoms with van der Waals surface area (Å²) in [5.41, 5.74) is 4.35. The number of carbonyl (C=O) groups excluding carboxylic acids is 1. The van der Waals surface area contributed by atoms with Gasteiger partial charge in [-0.2, -0.15) is 0 Å². The molecule has 0 aliphatic carbocycles. The largest absolute Gasteiger partial charge is 0.497 e. The minimum absolute atomic E-state index is 0.0922. The van der Waals surface area contributed by atoms with Crippen molar-refractivity contribution in [3.05, 3.63) is 59.7 Å². The minimum Gasteiger partial charge on any atom is -0.497 e. The van der Waals surface area contributed by atoms with Gasteiger partial charge in [-0.1, -0.05) is 32.0 Å². The van der Waals surface area contributed by atoms with Crippen LogP contribution in [0.2, 0.25) is 0 Å². The van der Waals surface area contributed by atoms with Gasteiger partial charge in [0.2, 0.25) is 0 Å². The second kappa shape index (κ2) is 8.87. The Hall–Kier alpha value is -2.88. The third kappa shape index (κ3) is 3.86. The molecule has 0 saturated heterocycles. The van der Waals surface area contributed by atoms with Gasteiger partial charge in [-0.15, -0.1) is 0 Å². The number of nitrogens with zero attached hydrogens (tertiary/aromatic N) is 2. The van der Waals surface area contributed by atoms with Gasteiger partial charge in [0.1, 0.15) is 5.75 Å². The van der Waals surface area contributed by atoms with E-state index in [1.54, 1.807) is 7.11 Å². The number of amides is 1. The normalized spacial score (nSPS) is 10.9. The molecule has 0 radical (unpaired) electrons. The van der Waals surface area contributed by atoms with E-state index in [2.05, 4.69) is 13.8 Å². The molecule has 146 valence electrons. The van der Waals surface area contributed by atoms with Crippen molar-refractivity contribution >= 4 is 16.8 Å². The van der Waals surface area contributed by atoms with E-state index in [9.17, 15) is 4.79 Å². The Kier molecular flexibility index (Phi) is 6.30. The Morgan fingerprint density at radius 1 is 1.00 bits per heavy atom. The molecule has 0 aliphatic rings. The van der Waals surface area contributed by atoms with E-state index in [0.29, 0.717) is 0 Å². The van der Waals surface area contributed by atoms with Crippen molar-refractivity contribution in [3.63, 3.8) is 0 Å². The number of benzene rings is 2. The Morgan fingerprint density at radius 3 is 2.25 bits per heavy atom. The fourth-order valence-electron chi connectivity index (χ4n) is 3.63. The Bertz CT molecular complexity index is 958. The molecule has 0 bridgehead atoms. The molecule has 0 spiro atoms. The maximum Gasteiger partial charge on any atom is 0.254 e. The van der Waals surface area contributed by atoms with E-state index in [1.165, 1.54) is 0 Å².